The number of hydrogen-bond donors (Lipinski definition) is 2. The van der Waals surface area contributed by atoms with Crippen molar-refractivity contribution in [3.63, 3.8) is 0 Å². The van der Waals surface area contributed by atoms with Crippen LogP contribution in [-0.2, 0) is 13.0 Å². The Bertz CT molecular complexity index is 570. The predicted molar refractivity (Wildman–Crippen MR) is 76.4 cm³/mol. The number of halogens is 1. The standard InChI is InChI=1S/C15H16BFO3/c1-2-11-3-7-14(8-4-11)20-10-12-5-6-13(17)9-15(12)16(18)19/h3-9,18-19H,2,10H2,1H3. The van der Waals surface area contributed by atoms with Crippen molar-refractivity contribution in [2.75, 3.05) is 0 Å². The Kier molecular flexibility index (Phi) is 4.77. The molecule has 0 fully saturated rings. The maximum absolute atomic E-state index is 13.1. The second kappa shape index (κ2) is 6.54. The molecule has 0 aliphatic rings. The molecule has 0 bridgehead atoms. The third-order valence-corrected chi connectivity index (χ3v) is 3.11. The van der Waals surface area contributed by atoms with Crippen LogP contribution in [0.3, 0.4) is 0 Å². The summed E-state index contributed by atoms with van der Waals surface area (Å²) in [5.74, 6) is 0.175. The molecule has 0 atom stereocenters. The molecule has 2 rings (SSSR count). The monoisotopic (exact) mass is 274 g/mol. The van der Waals surface area contributed by atoms with Gasteiger partial charge in [-0.1, -0.05) is 25.1 Å². The van der Waals surface area contributed by atoms with Gasteiger partial charge in [0.2, 0.25) is 0 Å². The van der Waals surface area contributed by atoms with E-state index in [1.165, 1.54) is 17.7 Å². The molecule has 0 aliphatic heterocycles. The lowest BCUT2D eigenvalue weighted by Crippen LogP contribution is -2.34. The summed E-state index contributed by atoms with van der Waals surface area (Å²) in [7, 11) is -1.72. The van der Waals surface area contributed by atoms with Crippen molar-refractivity contribution in [2.45, 2.75) is 20.0 Å². The summed E-state index contributed by atoms with van der Waals surface area (Å²) in [4.78, 5) is 0. The zero-order chi connectivity index (χ0) is 14.5. The highest BCUT2D eigenvalue weighted by Crippen LogP contribution is 2.14. The van der Waals surface area contributed by atoms with E-state index < -0.39 is 12.9 Å². The second-order valence-electron chi connectivity index (χ2n) is 4.50. The molecule has 0 unspecified atom stereocenters. The van der Waals surface area contributed by atoms with E-state index >= 15 is 0 Å². The van der Waals surface area contributed by atoms with Gasteiger partial charge in [-0.05, 0) is 47.3 Å². The molecule has 0 spiro atoms. The third kappa shape index (κ3) is 3.59. The molecule has 0 heterocycles. The van der Waals surface area contributed by atoms with Gasteiger partial charge in [0.15, 0.2) is 0 Å². The van der Waals surface area contributed by atoms with Crippen LogP contribution >= 0.6 is 0 Å². The minimum absolute atomic E-state index is 0.121. The molecule has 0 saturated carbocycles. The maximum atomic E-state index is 13.1. The van der Waals surface area contributed by atoms with E-state index in [4.69, 9.17) is 4.74 Å². The first kappa shape index (κ1) is 14.6. The highest BCUT2D eigenvalue weighted by atomic mass is 19.1. The Morgan fingerprint density at radius 2 is 1.80 bits per heavy atom. The first-order chi connectivity index (χ1) is 9.60. The predicted octanol–water partition coefficient (Wildman–Crippen LogP) is 1.65. The SMILES string of the molecule is CCc1ccc(OCc2ccc(F)cc2B(O)O)cc1. The van der Waals surface area contributed by atoms with Gasteiger partial charge in [0.1, 0.15) is 18.2 Å². The van der Waals surface area contributed by atoms with E-state index in [1.807, 2.05) is 24.3 Å². The van der Waals surface area contributed by atoms with Gasteiger partial charge in [-0.25, -0.2) is 4.39 Å². The molecule has 104 valence electrons. The highest BCUT2D eigenvalue weighted by Gasteiger charge is 2.17. The van der Waals surface area contributed by atoms with Crippen LogP contribution in [0, 0.1) is 5.82 Å². The molecule has 0 aromatic heterocycles. The minimum Gasteiger partial charge on any atom is -0.489 e. The molecule has 0 radical (unpaired) electrons. The summed E-state index contributed by atoms with van der Waals surface area (Å²) >= 11 is 0. The molecule has 0 aliphatic carbocycles. The molecule has 2 aromatic rings. The number of ether oxygens (including phenoxy) is 1. The van der Waals surface area contributed by atoms with Gasteiger partial charge in [0.25, 0.3) is 0 Å². The highest BCUT2D eigenvalue weighted by molar-refractivity contribution is 6.59. The quantitative estimate of drug-likeness (QED) is 0.815. The maximum Gasteiger partial charge on any atom is 0.488 e. The fourth-order valence-corrected chi connectivity index (χ4v) is 1.92. The van der Waals surface area contributed by atoms with E-state index in [9.17, 15) is 14.4 Å². The number of rotatable bonds is 5. The summed E-state index contributed by atoms with van der Waals surface area (Å²) in [6.45, 7) is 2.22. The Morgan fingerprint density at radius 1 is 1.10 bits per heavy atom. The summed E-state index contributed by atoms with van der Waals surface area (Å²) in [5.41, 5.74) is 1.88. The lowest BCUT2D eigenvalue weighted by molar-refractivity contribution is 0.306. The number of hydrogen-bond acceptors (Lipinski definition) is 3. The van der Waals surface area contributed by atoms with Gasteiger partial charge in [0.05, 0.1) is 0 Å². The van der Waals surface area contributed by atoms with Gasteiger partial charge >= 0.3 is 7.12 Å². The van der Waals surface area contributed by atoms with Crippen LogP contribution < -0.4 is 10.2 Å². The Hall–Kier alpha value is -1.85. The Balaban J connectivity index is 2.10. The van der Waals surface area contributed by atoms with E-state index in [0.717, 1.165) is 12.5 Å². The van der Waals surface area contributed by atoms with E-state index in [-0.39, 0.29) is 12.1 Å². The van der Waals surface area contributed by atoms with Crippen molar-refractivity contribution in [3.05, 3.63) is 59.4 Å². The molecule has 0 saturated heterocycles. The van der Waals surface area contributed by atoms with Crippen LogP contribution in [0.5, 0.6) is 5.75 Å². The van der Waals surface area contributed by atoms with Crippen molar-refractivity contribution in [2.24, 2.45) is 0 Å². The average Bonchev–Trinajstić information content (AvgIpc) is 2.46. The van der Waals surface area contributed by atoms with Crippen molar-refractivity contribution in [1.82, 2.24) is 0 Å². The van der Waals surface area contributed by atoms with Crippen molar-refractivity contribution in [3.8, 4) is 5.75 Å². The minimum atomic E-state index is -1.72. The lowest BCUT2D eigenvalue weighted by Gasteiger charge is -2.11. The van der Waals surface area contributed by atoms with Crippen LogP contribution in [0.2, 0.25) is 0 Å². The first-order valence-electron chi connectivity index (χ1n) is 6.46. The second-order valence-corrected chi connectivity index (χ2v) is 4.50. The average molecular weight is 274 g/mol. The van der Waals surface area contributed by atoms with Gasteiger partial charge < -0.3 is 14.8 Å². The summed E-state index contributed by atoms with van der Waals surface area (Å²) < 4.78 is 18.7. The van der Waals surface area contributed by atoms with Gasteiger partial charge in [-0.3, -0.25) is 0 Å². The molecule has 0 amide bonds. The fourth-order valence-electron chi connectivity index (χ4n) is 1.92. The molecule has 2 N–H and O–H groups in total. The fraction of sp³-hybridized carbons (Fsp3) is 0.200. The van der Waals surface area contributed by atoms with E-state index in [2.05, 4.69) is 6.92 Å². The van der Waals surface area contributed by atoms with E-state index in [1.54, 1.807) is 0 Å². The molecule has 5 heteroatoms. The molecule has 20 heavy (non-hydrogen) atoms. The van der Waals surface area contributed by atoms with E-state index in [0.29, 0.717) is 11.3 Å². The Labute approximate surface area is 117 Å². The van der Waals surface area contributed by atoms with Crippen LogP contribution in [0.4, 0.5) is 4.39 Å². The largest absolute Gasteiger partial charge is 0.489 e. The van der Waals surface area contributed by atoms with Crippen LogP contribution in [-0.4, -0.2) is 17.2 Å². The first-order valence-corrected chi connectivity index (χ1v) is 6.46. The number of benzene rings is 2. The molecule has 2 aromatic carbocycles. The van der Waals surface area contributed by atoms with Crippen LogP contribution in [0.1, 0.15) is 18.1 Å². The third-order valence-electron chi connectivity index (χ3n) is 3.11. The molecular weight excluding hydrogens is 258 g/mol. The van der Waals surface area contributed by atoms with Gasteiger partial charge in [-0.2, -0.15) is 0 Å². The normalized spacial score (nSPS) is 10.4. The van der Waals surface area contributed by atoms with Crippen LogP contribution in [0.25, 0.3) is 0 Å². The molecule has 3 nitrogen and oxygen atoms in total. The lowest BCUT2D eigenvalue weighted by atomic mass is 9.77. The molecular formula is C15H16BFO3. The van der Waals surface area contributed by atoms with Gasteiger partial charge in [-0.15, -0.1) is 0 Å². The topological polar surface area (TPSA) is 49.7 Å². The summed E-state index contributed by atoms with van der Waals surface area (Å²) in [6, 6.07) is 11.5. The van der Waals surface area contributed by atoms with Gasteiger partial charge in [0, 0.05) is 0 Å². The van der Waals surface area contributed by atoms with Crippen molar-refractivity contribution < 1.29 is 19.2 Å². The van der Waals surface area contributed by atoms with Crippen LogP contribution in [0.15, 0.2) is 42.5 Å². The summed E-state index contributed by atoms with van der Waals surface area (Å²) in [6.07, 6.45) is 0.957. The Morgan fingerprint density at radius 3 is 2.40 bits per heavy atom. The summed E-state index contributed by atoms with van der Waals surface area (Å²) in [5, 5.41) is 18.5. The van der Waals surface area contributed by atoms with Crippen molar-refractivity contribution >= 4 is 12.6 Å². The van der Waals surface area contributed by atoms with Crippen molar-refractivity contribution in [1.29, 1.82) is 0 Å². The zero-order valence-electron chi connectivity index (χ0n) is 11.2. The smallest absolute Gasteiger partial charge is 0.488 e. The zero-order valence-corrected chi connectivity index (χ0v) is 11.2. The number of aryl methyl sites for hydroxylation is 1.